The van der Waals surface area contributed by atoms with E-state index in [1.165, 1.54) is 0 Å². The maximum atomic E-state index is 6.08. The highest BCUT2D eigenvalue weighted by Crippen LogP contribution is 2.25. The molecule has 0 aliphatic heterocycles. The van der Waals surface area contributed by atoms with E-state index in [1.54, 1.807) is 7.11 Å². The van der Waals surface area contributed by atoms with Crippen molar-refractivity contribution in [2.75, 3.05) is 17.7 Å². The van der Waals surface area contributed by atoms with Gasteiger partial charge in [-0.05, 0) is 43.7 Å². The normalized spacial score (nSPS) is 10.4. The summed E-state index contributed by atoms with van der Waals surface area (Å²) in [6, 6.07) is 15.2. The molecule has 0 fully saturated rings. The highest BCUT2D eigenvalue weighted by molar-refractivity contribution is 6.30. The second-order valence-electron chi connectivity index (χ2n) is 5.66. The van der Waals surface area contributed by atoms with Crippen molar-refractivity contribution in [2.45, 2.75) is 13.8 Å². The maximum Gasteiger partial charge on any atom is 0.229 e. The van der Waals surface area contributed by atoms with E-state index in [0.29, 0.717) is 16.8 Å². The van der Waals surface area contributed by atoms with E-state index < -0.39 is 0 Å². The first-order valence-corrected chi connectivity index (χ1v) is 8.21. The predicted molar refractivity (Wildman–Crippen MR) is 103 cm³/mol. The summed E-state index contributed by atoms with van der Waals surface area (Å²) >= 11 is 6.08. The Kier molecular flexibility index (Phi) is 5.05. The lowest BCUT2D eigenvalue weighted by molar-refractivity contribution is 0.415. The molecule has 3 rings (SSSR count). The summed E-state index contributed by atoms with van der Waals surface area (Å²) in [5, 5.41) is 7.17. The number of nitrogens with zero attached hydrogens (tertiary/aromatic N) is 2. The van der Waals surface area contributed by atoms with Gasteiger partial charge >= 0.3 is 0 Å². The molecular weight excluding hydrogens is 336 g/mol. The van der Waals surface area contributed by atoms with Crippen LogP contribution >= 0.6 is 11.6 Å². The minimum Gasteiger partial charge on any atom is -0.497 e. The lowest BCUT2D eigenvalue weighted by Crippen LogP contribution is -2.03. The molecule has 0 aliphatic carbocycles. The van der Waals surface area contributed by atoms with Crippen LogP contribution in [0.5, 0.6) is 5.75 Å². The van der Waals surface area contributed by atoms with E-state index >= 15 is 0 Å². The summed E-state index contributed by atoms with van der Waals surface area (Å²) in [7, 11) is 1.64. The third-order valence-electron chi connectivity index (χ3n) is 3.64. The Hall–Kier alpha value is -2.79. The maximum absolute atomic E-state index is 6.08. The monoisotopic (exact) mass is 354 g/mol. The Balaban J connectivity index is 1.86. The van der Waals surface area contributed by atoms with Gasteiger partial charge in [0.25, 0.3) is 0 Å². The number of hydrogen-bond donors (Lipinski definition) is 2. The second-order valence-corrected chi connectivity index (χ2v) is 6.10. The van der Waals surface area contributed by atoms with Crippen LogP contribution in [0.15, 0.2) is 48.5 Å². The Bertz CT molecular complexity index is 898. The average molecular weight is 355 g/mol. The van der Waals surface area contributed by atoms with Crippen molar-refractivity contribution in [3.63, 3.8) is 0 Å². The summed E-state index contributed by atoms with van der Waals surface area (Å²) in [6.45, 7) is 3.93. The highest BCUT2D eigenvalue weighted by atomic mass is 35.5. The average Bonchev–Trinajstić information content (AvgIpc) is 2.58. The van der Waals surface area contributed by atoms with E-state index in [0.717, 1.165) is 28.4 Å². The number of halogens is 1. The zero-order valence-electron chi connectivity index (χ0n) is 14.3. The van der Waals surface area contributed by atoms with Crippen LogP contribution in [-0.2, 0) is 0 Å². The molecule has 128 valence electrons. The molecule has 0 bridgehead atoms. The number of aryl methyl sites for hydroxylation is 2. The molecule has 5 nitrogen and oxygen atoms in total. The molecule has 25 heavy (non-hydrogen) atoms. The van der Waals surface area contributed by atoms with Crippen LogP contribution < -0.4 is 15.4 Å². The first kappa shape index (κ1) is 17.0. The fourth-order valence-electron chi connectivity index (χ4n) is 2.39. The first-order valence-electron chi connectivity index (χ1n) is 7.83. The zero-order valence-corrected chi connectivity index (χ0v) is 15.1. The minimum atomic E-state index is 0.510. The lowest BCUT2D eigenvalue weighted by Gasteiger charge is -2.12. The third kappa shape index (κ3) is 4.39. The summed E-state index contributed by atoms with van der Waals surface area (Å²) in [5.41, 5.74) is 3.69. The highest BCUT2D eigenvalue weighted by Gasteiger charge is 2.06. The molecule has 2 aromatic carbocycles. The predicted octanol–water partition coefficient (Wildman–Crippen LogP) is 5.24. The molecule has 1 heterocycles. The van der Waals surface area contributed by atoms with Crippen LogP contribution in [0, 0.1) is 13.8 Å². The summed E-state index contributed by atoms with van der Waals surface area (Å²) in [6.07, 6.45) is 0. The number of methoxy groups -OCH3 is 1. The molecule has 3 aromatic rings. The number of rotatable bonds is 5. The van der Waals surface area contributed by atoms with E-state index in [9.17, 15) is 0 Å². The van der Waals surface area contributed by atoms with Crippen LogP contribution in [0.1, 0.15) is 11.3 Å². The Morgan fingerprint density at radius 2 is 1.80 bits per heavy atom. The molecule has 0 unspecified atom stereocenters. The second kappa shape index (κ2) is 7.40. The number of nitrogens with one attached hydrogen (secondary N) is 2. The SMILES string of the molecule is COc1cccc(Nc2cc(C)nc(Nc3cc(Cl)ccc3C)n2)c1. The molecular formula is C19H19ClN4O. The van der Waals surface area contributed by atoms with Crippen LogP contribution in [0.25, 0.3) is 0 Å². The fourth-order valence-corrected chi connectivity index (χ4v) is 2.56. The third-order valence-corrected chi connectivity index (χ3v) is 3.88. The van der Waals surface area contributed by atoms with Gasteiger partial charge in [0.1, 0.15) is 11.6 Å². The van der Waals surface area contributed by atoms with Crippen molar-refractivity contribution >= 4 is 34.7 Å². The van der Waals surface area contributed by atoms with Crippen molar-refractivity contribution in [2.24, 2.45) is 0 Å². The van der Waals surface area contributed by atoms with Gasteiger partial charge in [0.05, 0.1) is 7.11 Å². The molecule has 0 amide bonds. The number of ether oxygens (including phenoxy) is 1. The number of anilines is 4. The topological polar surface area (TPSA) is 59.1 Å². The quantitative estimate of drug-likeness (QED) is 0.656. The molecule has 0 spiro atoms. The van der Waals surface area contributed by atoms with Gasteiger partial charge < -0.3 is 15.4 Å². The zero-order chi connectivity index (χ0) is 17.8. The largest absolute Gasteiger partial charge is 0.497 e. The van der Waals surface area contributed by atoms with Crippen molar-refractivity contribution in [1.82, 2.24) is 9.97 Å². The van der Waals surface area contributed by atoms with Crippen molar-refractivity contribution < 1.29 is 4.74 Å². The molecule has 1 aromatic heterocycles. The van der Waals surface area contributed by atoms with Gasteiger partial charge in [0.2, 0.25) is 5.95 Å². The number of hydrogen-bond acceptors (Lipinski definition) is 5. The number of benzene rings is 2. The van der Waals surface area contributed by atoms with Crippen LogP contribution in [-0.4, -0.2) is 17.1 Å². The smallest absolute Gasteiger partial charge is 0.229 e. The standard InChI is InChI=1S/C19H19ClN4O/c1-12-7-8-14(20)10-17(12)23-19-21-13(2)9-18(24-19)22-15-5-4-6-16(11-15)25-3/h4-11H,1-3H3,(H2,21,22,23,24). The Labute approximate surface area is 152 Å². The van der Waals surface area contributed by atoms with E-state index in [4.69, 9.17) is 16.3 Å². The number of aromatic nitrogens is 2. The molecule has 0 saturated heterocycles. The Morgan fingerprint density at radius 1 is 0.960 bits per heavy atom. The van der Waals surface area contributed by atoms with Gasteiger partial charge in [0.15, 0.2) is 0 Å². The van der Waals surface area contributed by atoms with Crippen LogP contribution in [0.4, 0.5) is 23.1 Å². The molecule has 0 atom stereocenters. The van der Waals surface area contributed by atoms with Gasteiger partial charge in [0, 0.05) is 34.2 Å². The van der Waals surface area contributed by atoms with Crippen molar-refractivity contribution in [1.29, 1.82) is 0 Å². The fraction of sp³-hybridized carbons (Fsp3) is 0.158. The molecule has 0 saturated carbocycles. The van der Waals surface area contributed by atoms with Gasteiger partial charge in [-0.25, -0.2) is 4.98 Å². The van der Waals surface area contributed by atoms with Gasteiger partial charge in [-0.3, -0.25) is 0 Å². The molecule has 2 N–H and O–H groups in total. The van der Waals surface area contributed by atoms with Gasteiger partial charge in [-0.2, -0.15) is 4.98 Å². The summed E-state index contributed by atoms with van der Waals surface area (Å²) in [5.74, 6) is 1.99. The molecule has 6 heteroatoms. The van der Waals surface area contributed by atoms with E-state index in [1.807, 2.05) is 62.4 Å². The Morgan fingerprint density at radius 3 is 2.60 bits per heavy atom. The summed E-state index contributed by atoms with van der Waals surface area (Å²) < 4.78 is 5.25. The lowest BCUT2D eigenvalue weighted by atomic mass is 10.2. The van der Waals surface area contributed by atoms with Crippen LogP contribution in [0.2, 0.25) is 5.02 Å². The van der Waals surface area contributed by atoms with E-state index in [-0.39, 0.29) is 0 Å². The van der Waals surface area contributed by atoms with Crippen molar-refractivity contribution in [3.05, 3.63) is 64.8 Å². The van der Waals surface area contributed by atoms with Crippen LogP contribution in [0.3, 0.4) is 0 Å². The summed E-state index contributed by atoms with van der Waals surface area (Å²) in [4.78, 5) is 8.98. The minimum absolute atomic E-state index is 0.510. The van der Waals surface area contributed by atoms with Gasteiger partial charge in [-0.15, -0.1) is 0 Å². The first-order chi connectivity index (χ1) is 12.0. The van der Waals surface area contributed by atoms with Crippen molar-refractivity contribution in [3.8, 4) is 5.75 Å². The van der Waals surface area contributed by atoms with Gasteiger partial charge in [-0.1, -0.05) is 23.7 Å². The molecule has 0 aliphatic rings. The van der Waals surface area contributed by atoms with E-state index in [2.05, 4.69) is 20.6 Å². The molecule has 0 radical (unpaired) electrons.